The van der Waals surface area contributed by atoms with E-state index in [0.29, 0.717) is 39.5 Å². The summed E-state index contributed by atoms with van der Waals surface area (Å²) in [5.74, 6) is -0.814. The Morgan fingerprint density at radius 1 is 0.946 bits per heavy atom. The van der Waals surface area contributed by atoms with Gasteiger partial charge in [0, 0.05) is 22.9 Å². The molecule has 0 unspecified atom stereocenters. The zero-order valence-electron chi connectivity index (χ0n) is 20.9. The number of amides is 1. The van der Waals surface area contributed by atoms with E-state index in [2.05, 4.69) is 31.1 Å². The zero-order valence-corrected chi connectivity index (χ0v) is 20.9. The number of halogens is 2. The van der Waals surface area contributed by atoms with E-state index in [1.165, 1.54) is 30.3 Å². The number of fused-ring (bicyclic) bond motifs is 1. The molecule has 5 aromatic rings. The molecule has 6 nitrogen and oxygen atoms in total. The van der Waals surface area contributed by atoms with Gasteiger partial charge in [0.1, 0.15) is 23.1 Å². The van der Waals surface area contributed by atoms with Crippen molar-refractivity contribution in [1.29, 1.82) is 0 Å². The van der Waals surface area contributed by atoms with Crippen molar-refractivity contribution in [2.75, 3.05) is 5.32 Å². The maximum absolute atomic E-state index is 14.1. The maximum atomic E-state index is 14.1. The van der Waals surface area contributed by atoms with Gasteiger partial charge in [-0.3, -0.25) is 4.79 Å². The minimum Gasteiger partial charge on any atom is -0.307 e. The lowest BCUT2D eigenvalue weighted by Crippen LogP contribution is -2.13. The van der Waals surface area contributed by atoms with Crippen molar-refractivity contribution in [3.63, 3.8) is 0 Å². The van der Waals surface area contributed by atoms with Crippen LogP contribution in [0.1, 0.15) is 42.3 Å². The molecule has 1 N–H and O–H groups in total. The number of anilines is 1. The Balaban J connectivity index is 1.63. The fourth-order valence-electron chi connectivity index (χ4n) is 4.03. The normalized spacial score (nSPS) is 11.6. The maximum Gasteiger partial charge on any atom is 0.256 e. The van der Waals surface area contributed by atoms with Crippen LogP contribution in [-0.2, 0) is 5.41 Å². The van der Waals surface area contributed by atoms with Crippen LogP contribution in [0.15, 0.2) is 73.1 Å². The second kappa shape index (κ2) is 9.20. The number of carbonyl (C=O) groups is 1. The Morgan fingerprint density at radius 3 is 2.41 bits per heavy atom. The third-order valence-electron chi connectivity index (χ3n) is 6.16. The van der Waals surface area contributed by atoms with Gasteiger partial charge >= 0.3 is 0 Å². The van der Waals surface area contributed by atoms with E-state index in [0.717, 1.165) is 11.1 Å². The molecular weight excluding hydrogens is 472 g/mol. The molecule has 0 spiro atoms. The Hall–Kier alpha value is -4.46. The first-order chi connectivity index (χ1) is 17.6. The number of hydrogen-bond acceptors (Lipinski definition) is 4. The molecule has 0 saturated carbocycles. The largest absolute Gasteiger partial charge is 0.307 e. The van der Waals surface area contributed by atoms with Crippen LogP contribution < -0.4 is 5.32 Å². The molecule has 0 fully saturated rings. The predicted octanol–water partition coefficient (Wildman–Crippen LogP) is 6.59. The van der Waals surface area contributed by atoms with Crippen molar-refractivity contribution in [1.82, 2.24) is 19.6 Å². The van der Waals surface area contributed by atoms with Gasteiger partial charge in [-0.2, -0.15) is 5.10 Å². The summed E-state index contributed by atoms with van der Waals surface area (Å²) in [5, 5.41) is 7.45. The summed E-state index contributed by atoms with van der Waals surface area (Å²) in [6, 6.07) is 15.7. The molecular formula is C29H25F2N5O. The highest BCUT2D eigenvalue weighted by molar-refractivity contribution is 6.04. The third-order valence-corrected chi connectivity index (χ3v) is 6.16. The van der Waals surface area contributed by atoms with Crippen molar-refractivity contribution >= 4 is 17.4 Å². The molecule has 37 heavy (non-hydrogen) atoms. The minimum atomic E-state index is -0.421. The van der Waals surface area contributed by atoms with E-state index >= 15 is 0 Å². The van der Waals surface area contributed by atoms with E-state index < -0.39 is 11.7 Å². The Labute approximate surface area is 213 Å². The summed E-state index contributed by atoms with van der Waals surface area (Å²) in [6.07, 6.45) is 3.40. The van der Waals surface area contributed by atoms with E-state index in [4.69, 9.17) is 10.1 Å². The topological polar surface area (TPSA) is 72.2 Å². The van der Waals surface area contributed by atoms with Gasteiger partial charge in [-0.05, 0) is 84.1 Å². The molecule has 5 rings (SSSR count). The summed E-state index contributed by atoms with van der Waals surface area (Å²) >= 11 is 0. The number of nitrogens with one attached hydrogen (secondary N) is 1. The molecule has 1 amide bonds. The Bertz CT molecular complexity index is 1640. The SMILES string of the molecule is Cc1cc(-c2nc3cc(C(C)(C)C)cnn3c2-c2ccnc(NC(=O)c3ccc(F)cc3)c2)ccc1F. The van der Waals surface area contributed by atoms with Crippen LogP contribution in [0.25, 0.3) is 28.2 Å². The summed E-state index contributed by atoms with van der Waals surface area (Å²) in [4.78, 5) is 21.9. The predicted molar refractivity (Wildman–Crippen MR) is 139 cm³/mol. The lowest BCUT2D eigenvalue weighted by molar-refractivity contribution is 0.102. The van der Waals surface area contributed by atoms with E-state index in [-0.39, 0.29) is 11.2 Å². The molecule has 3 aromatic heterocycles. The van der Waals surface area contributed by atoms with Crippen LogP contribution in [-0.4, -0.2) is 25.5 Å². The first kappa shape index (κ1) is 24.2. The molecule has 0 aliphatic rings. The number of nitrogens with zero attached hydrogens (tertiary/aromatic N) is 4. The van der Waals surface area contributed by atoms with Gasteiger partial charge in [0.05, 0.1) is 11.9 Å². The number of imidazole rings is 1. The summed E-state index contributed by atoms with van der Waals surface area (Å²) in [6.45, 7) is 8.02. The molecule has 0 aliphatic carbocycles. The highest BCUT2D eigenvalue weighted by Gasteiger charge is 2.21. The molecule has 0 aliphatic heterocycles. The van der Waals surface area contributed by atoms with Crippen molar-refractivity contribution in [3.05, 3.63) is 101 Å². The molecule has 2 aromatic carbocycles. The van der Waals surface area contributed by atoms with E-state index in [1.807, 2.05) is 12.3 Å². The van der Waals surface area contributed by atoms with Gasteiger partial charge < -0.3 is 5.32 Å². The number of carbonyl (C=O) groups excluding carboxylic acids is 1. The number of rotatable bonds is 4. The Morgan fingerprint density at radius 2 is 1.70 bits per heavy atom. The quantitative estimate of drug-likeness (QED) is 0.304. The van der Waals surface area contributed by atoms with Gasteiger partial charge in [-0.25, -0.2) is 23.3 Å². The van der Waals surface area contributed by atoms with Crippen molar-refractivity contribution in [2.24, 2.45) is 0 Å². The molecule has 186 valence electrons. The summed E-state index contributed by atoms with van der Waals surface area (Å²) in [5.41, 5.74) is 5.13. The highest BCUT2D eigenvalue weighted by Crippen LogP contribution is 2.35. The smallest absolute Gasteiger partial charge is 0.256 e. The van der Waals surface area contributed by atoms with Crippen LogP contribution >= 0.6 is 0 Å². The number of hydrogen-bond donors (Lipinski definition) is 1. The fraction of sp³-hybridized carbons (Fsp3) is 0.172. The molecule has 3 heterocycles. The monoisotopic (exact) mass is 497 g/mol. The number of aromatic nitrogens is 4. The molecule has 8 heteroatoms. The minimum absolute atomic E-state index is 0.123. The average Bonchev–Trinajstić information content (AvgIpc) is 3.24. The van der Waals surface area contributed by atoms with E-state index in [1.54, 1.807) is 41.9 Å². The lowest BCUT2D eigenvalue weighted by Gasteiger charge is -2.18. The number of pyridine rings is 1. The number of aryl methyl sites for hydroxylation is 1. The van der Waals surface area contributed by atoms with Crippen LogP contribution in [0.4, 0.5) is 14.6 Å². The molecule has 0 saturated heterocycles. The van der Waals surface area contributed by atoms with Gasteiger partial charge in [0.25, 0.3) is 5.91 Å². The van der Waals surface area contributed by atoms with Crippen LogP contribution in [0, 0.1) is 18.6 Å². The van der Waals surface area contributed by atoms with Gasteiger partial charge in [-0.15, -0.1) is 0 Å². The van der Waals surface area contributed by atoms with Crippen LogP contribution in [0.3, 0.4) is 0 Å². The summed E-state index contributed by atoms with van der Waals surface area (Å²) < 4.78 is 29.0. The summed E-state index contributed by atoms with van der Waals surface area (Å²) in [7, 11) is 0. The lowest BCUT2D eigenvalue weighted by atomic mass is 9.89. The van der Waals surface area contributed by atoms with Gasteiger partial charge in [-0.1, -0.05) is 20.8 Å². The van der Waals surface area contributed by atoms with Crippen LogP contribution in [0.5, 0.6) is 0 Å². The first-order valence-electron chi connectivity index (χ1n) is 11.8. The first-order valence-corrected chi connectivity index (χ1v) is 11.8. The fourth-order valence-corrected chi connectivity index (χ4v) is 4.03. The molecule has 0 radical (unpaired) electrons. The van der Waals surface area contributed by atoms with Crippen molar-refractivity contribution < 1.29 is 13.6 Å². The standard InChI is InChI=1S/C29H25F2N5O/c1-17-13-19(7-10-23(17)31)26-27(36-25(35-26)15-21(16-33-36)29(2,3)4)20-11-12-32-24(14-20)34-28(37)18-5-8-22(30)9-6-18/h5-16H,1-4H3,(H,32,34,37). The van der Waals surface area contributed by atoms with Gasteiger partial charge in [0.15, 0.2) is 5.65 Å². The Kier molecular flexibility index (Phi) is 6.03. The molecule has 0 bridgehead atoms. The average molecular weight is 498 g/mol. The van der Waals surface area contributed by atoms with Crippen LogP contribution in [0.2, 0.25) is 0 Å². The molecule has 0 atom stereocenters. The third kappa shape index (κ3) is 4.82. The van der Waals surface area contributed by atoms with Crippen molar-refractivity contribution in [3.8, 4) is 22.5 Å². The zero-order chi connectivity index (χ0) is 26.3. The van der Waals surface area contributed by atoms with Crippen molar-refractivity contribution in [2.45, 2.75) is 33.1 Å². The second-order valence-electron chi connectivity index (χ2n) is 9.93. The highest BCUT2D eigenvalue weighted by atomic mass is 19.1. The second-order valence-corrected chi connectivity index (χ2v) is 9.93. The van der Waals surface area contributed by atoms with E-state index in [9.17, 15) is 13.6 Å². The van der Waals surface area contributed by atoms with Gasteiger partial charge in [0.2, 0.25) is 0 Å². The number of benzene rings is 2.